The van der Waals surface area contributed by atoms with Gasteiger partial charge in [-0.15, -0.1) is 0 Å². The largest absolute Gasteiger partial charge is 0.508 e. The van der Waals surface area contributed by atoms with Crippen molar-refractivity contribution in [3.8, 4) is 17.2 Å². The Morgan fingerprint density at radius 2 is 1.20 bits per heavy atom. The summed E-state index contributed by atoms with van der Waals surface area (Å²) in [6.45, 7) is 12.8. The second-order valence-electron chi connectivity index (χ2n) is 11.3. The number of para-hydroxylation sites is 1. The molecule has 0 saturated carbocycles. The Morgan fingerprint density at radius 3 is 1.75 bits per heavy atom. The highest BCUT2D eigenvalue weighted by Gasteiger charge is 2.48. The maximum atomic E-state index is 12.9. The van der Waals surface area contributed by atoms with Crippen LogP contribution < -0.4 is 9.05 Å². The van der Waals surface area contributed by atoms with Crippen molar-refractivity contribution < 1.29 is 23.7 Å². The minimum absolute atomic E-state index is 0.143. The quantitative estimate of drug-likeness (QED) is 0.190. The first-order valence-electron chi connectivity index (χ1n) is 13.4. The normalized spacial score (nSPS) is 16.8. The zero-order chi connectivity index (χ0) is 28.9. The molecule has 6 heteroatoms. The van der Waals surface area contributed by atoms with Gasteiger partial charge in [0.15, 0.2) is 5.60 Å². The summed E-state index contributed by atoms with van der Waals surface area (Å²) in [4.78, 5) is 12.9. The molecule has 1 aliphatic rings. The summed E-state index contributed by atoms with van der Waals surface area (Å²) in [6.07, 6.45) is 0. The van der Waals surface area contributed by atoms with Gasteiger partial charge in [-0.1, -0.05) is 81.4 Å². The van der Waals surface area contributed by atoms with Crippen molar-refractivity contribution in [1.29, 1.82) is 0 Å². The Hall–Kier alpha value is -3.82. The number of fused-ring (bicyclic) bond motifs is 1. The molecule has 0 bridgehead atoms. The number of hydrogen-bond acceptors (Lipinski definition) is 5. The number of carbonyl (C=O) groups is 1. The van der Waals surface area contributed by atoms with E-state index >= 15 is 0 Å². The SMILES string of the molecule is CC(C)(C)P(Oc1ccccc1)Oc1ccc(C2(c3ccc(O)cc3)OC(=O)c3ccccc32)cc1.CC(C)C. The highest BCUT2D eigenvalue weighted by Crippen LogP contribution is 2.52. The first-order valence-corrected chi connectivity index (χ1v) is 14.6. The lowest BCUT2D eigenvalue weighted by molar-refractivity contribution is 0.0251. The van der Waals surface area contributed by atoms with E-state index in [9.17, 15) is 9.90 Å². The molecule has 1 heterocycles. The molecule has 2 atom stereocenters. The van der Waals surface area contributed by atoms with Crippen molar-refractivity contribution in [2.24, 2.45) is 5.92 Å². The van der Waals surface area contributed by atoms with Gasteiger partial charge in [-0.3, -0.25) is 0 Å². The van der Waals surface area contributed by atoms with Gasteiger partial charge >= 0.3 is 5.97 Å². The molecule has 0 saturated heterocycles. The molecule has 0 radical (unpaired) electrons. The van der Waals surface area contributed by atoms with E-state index in [1.165, 1.54) is 0 Å². The summed E-state index contributed by atoms with van der Waals surface area (Å²) in [5.41, 5.74) is 1.69. The van der Waals surface area contributed by atoms with Crippen molar-refractivity contribution in [2.75, 3.05) is 0 Å². The van der Waals surface area contributed by atoms with Crippen LogP contribution in [0, 0.1) is 5.92 Å². The minimum atomic E-state index is -1.30. The van der Waals surface area contributed by atoms with Crippen molar-refractivity contribution in [2.45, 2.75) is 52.3 Å². The number of phenols is 1. The third-order valence-electron chi connectivity index (χ3n) is 5.97. The van der Waals surface area contributed by atoms with E-state index in [-0.39, 0.29) is 16.9 Å². The van der Waals surface area contributed by atoms with Crippen LogP contribution in [0.4, 0.5) is 0 Å². The number of hydrogen-bond donors (Lipinski definition) is 1. The van der Waals surface area contributed by atoms with Crippen molar-refractivity contribution in [3.05, 3.63) is 125 Å². The second kappa shape index (κ2) is 12.1. The summed E-state index contributed by atoms with van der Waals surface area (Å²) in [5.74, 6) is 2.01. The van der Waals surface area contributed by atoms with E-state index in [4.69, 9.17) is 13.8 Å². The number of phenolic OH excluding ortho intramolecular Hbond substituents is 1. The van der Waals surface area contributed by atoms with Crippen LogP contribution in [-0.4, -0.2) is 16.2 Å². The number of benzene rings is 4. The van der Waals surface area contributed by atoms with Crippen LogP contribution in [0.1, 0.15) is 68.6 Å². The smallest absolute Gasteiger partial charge is 0.340 e. The maximum absolute atomic E-state index is 12.9. The lowest BCUT2D eigenvalue weighted by Gasteiger charge is -2.31. The van der Waals surface area contributed by atoms with Gasteiger partial charge in [-0.25, -0.2) is 4.79 Å². The molecule has 208 valence electrons. The van der Waals surface area contributed by atoms with Gasteiger partial charge in [0.1, 0.15) is 17.2 Å². The number of esters is 1. The van der Waals surface area contributed by atoms with Gasteiger partial charge in [-0.05, 0) is 69.2 Å². The van der Waals surface area contributed by atoms with E-state index in [2.05, 4.69) is 41.5 Å². The molecule has 4 aromatic rings. The Kier molecular flexibility index (Phi) is 8.85. The lowest BCUT2D eigenvalue weighted by Crippen LogP contribution is -2.29. The van der Waals surface area contributed by atoms with Crippen LogP contribution in [0.2, 0.25) is 0 Å². The van der Waals surface area contributed by atoms with Crippen LogP contribution in [0.25, 0.3) is 0 Å². The average molecular weight is 557 g/mol. The minimum Gasteiger partial charge on any atom is -0.508 e. The van der Waals surface area contributed by atoms with Gasteiger partial charge in [0.25, 0.3) is 8.38 Å². The predicted molar refractivity (Wildman–Crippen MR) is 161 cm³/mol. The number of ether oxygens (including phenoxy) is 1. The highest BCUT2D eigenvalue weighted by molar-refractivity contribution is 7.49. The first-order chi connectivity index (χ1) is 19.0. The van der Waals surface area contributed by atoms with E-state index in [1.54, 1.807) is 30.3 Å². The third kappa shape index (κ3) is 6.48. The van der Waals surface area contributed by atoms with E-state index in [1.807, 2.05) is 72.8 Å². The molecule has 4 aromatic carbocycles. The van der Waals surface area contributed by atoms with Gasteiger partial charge in [0.2, 0.25) is 0 Å². The molecule has 2 unspecified atom stereocenters. The third-order valence-corrected chi connectivity index (χ3v) is 7.82. The second-order valence-corrected chi connectivity index (χ2v) is 13.6. The highest BCUT2D eigenvalue weighted by atomic mass is 31.2. The summed E-state index contributed by atoms with van der Waals surface area (Å²) < 4.78 is 18.7. The fourth-order valence-corrected chi connectivity index (χ4v) is 5.44. The molecule has 0 aliphatic carbocycles. The average Bonchev–Trinajstić information content (AvgIpc) is 3.22. The zero-order valence-corrected chi connectivity index (χ0v) is 24.8. The number of rotatable bonds is 6. The molecule has 5 nitrogen and oxygen atoms in total. The standard InChI is InChI=1S/C30H27O5P.C4H10/c1-29(2,3)36(34-24-9-5-4-6-10-24)35-25-19-15-22(16-20-25)30(21-13-17-23(31)18-14-21)27-12-8-7-11-26(27)28(32)33-30;1-4(2)3/h4-20,31H,1-3H3;4H,1-3H3. The van der Waals surface area contributed by atoms with Gasteiger partial charge in [-0.2, -0.15) is 0 Å². The molecule has 1 aliphatic heterocycles. The van der Waals surface area contributed by atoms with E-state index < -0.39 is 14.0 Å². The maximum Gasteiger partial charge on any atom is 0.340 e. The Morgan fingerprint density at radius 1 is 0.725 bits per heavy atom. The van der Waals surface area contributed by atoms with Crippen LogP contribution in [0.3, 0.4) is 0 Å². The van der Waals surface area contributed by atoms with Crippen molar-refractivity contribution >= 4 is 14.3 Å². The molecule has 0 spiro atoms. The number of carbonyl (C=O) groups excluding carboxylic acids is 1. The Balaban J connectivity index is 0.000000867. The fraction of sp³-hybridized carbons (Fsp3) is 0.265. The molecule has 40 heavy (non-hydrogen) atoms. The van der Waals surface area contributed by atoms with E-state index in [0.717, 1.165) is 28.4 Å². The topological polar surface area (TPSA) is 65.0 Å². The number of aromatic hydroxyl groups is 1. The molecule has 0 amide bonds. The Labute approximate surface area is 238 Å². The van der Waals surface area contributed by atoms with Gasteiger partial charge < -0.3 is 18.9 Å². The zero-order valence-electron chi connectivity index (χ0n) is 23.9. The summed E-state index contributed by atoms with van der Waals surface area (Å²) in [7, 11) is -1.30. The van der Waals surface area contributed by atoms with Crippen LogP contribution in [0.15, 0.2) is 103 Å². The van der Waals surface area contributed by atoms with E-state index in [0.29, 0.717) is 11.3 Å². The van der Waals surface area contributed by atoms with Crippen LogP contribution in [0.5, 0.6) is 17.2 Å². The molecule has 5 rings (SSSR count). The molecular formula is C34H37O5P. The molecule has 0 aromatic heterocycles. The summed E-state index contributed by atoms with van der Waals surface area (Å²) in [6, 6.07) is 31.4. The molecule has 1 N–H and O–H groups in total. The monoisotopic (exact) mass is 556 g/mol. The van der Waals surface area contributed by atoms with Gasteiger partial charge in [0, 0.05) is 16.7 Å². The van der Waals surface area contributed by atoms with Crippen LogP contribution in [-0.2, 0) is 10.3 Å². The van der Waals surface area contributed by atoms with Gasteiger partial charge in [0.05, 0.1) is 10.7 Å². The van der Waals surface area contributed by atoms with Crippen molar-refractivity contribution in [1.82, 2.24) is 0 Å². The first kappa shape index (κ1) is 29.2. The lowest BCUT2D eigenvalue weighted by atomic mass is 9.80. The van der Waals surface area contributed by atoms with Crippen molar-refractivity contribution in [3.63, 3.8) is 0 Å². The molecule has 0 fully saturated rings. The summed E-state index contributed by atoms with van der Waals surface area (Å²) >= 11 is 0. The van der Waals surface area contributed by atoms with Crippen LogP contribution >= 0.6 is 8.38 Å². The number of cyclic esters (lactones) is 1. The Bertz CT molecular complexity index is 1410. The molecular weight excluding hydrogens is 519 g/mol. The fourth-order valence-electron chi connectivity index (χ4n) is 4.22. The summed E-state index contributed by atoms with van der Waals surface area (Å²) in [5, 5.41) is 9.63. The predicted octanol–water partition coefficient (Wildman–Crippen LogP) is 9.09.